The molecule has 2 aromatic heterocycles. The molecule has 2 fully saturated rings. The standard InChI is InChI=1S/C36H48N8O4S/c1-24(26-11-10-16-42(26)8)47-30-21-29(43-17-19-44(20-18-43)34(46)48-35(2,3)4)39-32(40-30)27(45)13-15-36(5)14-9-12-28-31(36)25(22-37)33(49-28)38-23-41(6)7/h21,23-24,26H,9-12,14,16-20H2,1-8H3/t24-,26-,36+/m0/s1. The second kappa shape index (κ2) is 14.7. The first-order chi connectivity index (χ1) is 23.2. The van der Waals surface area contributed by atoms with Crippen molar-refractivity contribution < 1.29 is 19.1 Å². The molecule has 13 heteroatoms. The van der Waals surface area contributed by atoms with Crippen LogP contribution in [0.2, 0.25) is 0 Å². The number of ketones is 1. The minimum absolute atomic E-state index is 0.0386. The summed E-state index contributed by atoms with van der Waals surface area (Å²) in [5.41, 5.74) is 0.111. The molecular weight excluding hydrogens is 641 g/mol. The van der Waals surface area contributed by atoms with Crippen LogP contribution in [0.3, 0.4) is 0 Å². The highest BCUT2D eigenvalue weighted by Gasteiger charge is 2.37. The first kappa shape index (κ1) is 36.1. The van der Waals surface area contributed by atoms with E-state index < -0.39 is 16.8 Å². The Kier molecular flexibility index (Phi) is 10.9. The minimum atomic E-state index is -0.701. The third-order valence-electron chi connectivity index (χ3n) is 9.14. The monoisotopic (exact) mass is 688 g/mol. The number of aromatic nitrogens is 2. The molecule has 4 heterocycles. The molecule has 2 aliphatic heterocycles. The predicted octanol–water partition coefficient (Wildman–Crippen LogP) is 5.03. The van der Waals surface area contributed by atoms with E-state index in [9.17, 15) is 14.9 Å². The summed E-state index contributed by atoms with van der Waals surface area (Å²) >= 11 is 1.52. The van der Waals surface area contributed by atoms with Gasteiger partial charge in [-0.25, -0.2) is 14.8 Å². The van der Waals surface area contributed by atoms with Crippen molar-refractivity contribution in [3.8, 4) is 23.8 Å². The average Bonchev–Trinajstić information content (AvgIpc) is 3.65. The SMILES string of the molecule is C[C@H](Oc1cc(N2CCN(C(=O)OC(C)(C)C)CC2)nc(C(=O)C#C[C@@]2(C)CCCc3sc(N=CN(C)C)c(C#N)c32)n1)[C@@H]1CCCN1C. The summed E-state index contributed by atoms with van der Waals surface area (Å²) in [4.78, 5) is 49.2. The minimum Gasteiger partial charge on any atom is -0.473 e. The van der Waals surface area contributed by atoms with Gasteiger partial charge in [-0.2, -0.15) is 10.2 Å². The number of likely N-dealkylation sites (N-methyl/N-ethyl adjacent to an activating group) is 1. The second-order valence-corrected chi connectivity index (χ2v) is 15.6. The summed E-state index contributed by atoms with van der Waals surface area (Å²) < 4.78 is 11.9. The first-order valence-electron chi connectivity index (χ1n) is 17.0. The van der Waals surface area contributed by atoms with Crippen LogP contribution in [-0.2, 0) is 16.6 Å². The number of piperazine rings is 1. The quantitative estimate of drug-likeness (QED) is 0.129. The lowest BCUT2D eigenvalue weighted by Crippen LogP contribution is -2.50. The van der Waals surface area contributed by atoms with E-state index >= 15 is 0 Å². The van der Waals surface area contributed by atoms with Gasteiger partial charge in [0.05, 0.1) is 17.3 Å². The number of aryl methyl sites for hydroxylation is 1. The topological polar surface area (TPSA) is 127 Å². The zero-order chi connectivity index (χ0) is 35.5. The number of hydrogen-bond donors (Lipinski definition) is 0. The fraction of sp³-hybridized carbons (Fsp3) is 0.611. The van der Waals surface area contributed by atoms with Crippen molar-refractivity contribution in [1.29, 1.82) is 5.26 Å². The average molecular weight is 689 g/mol. The number of anilines is 1. The molecule has 0 saturated carbocycles. The highest BCUT2D eigenvalue weighted by atomic mass is 32.1. The Balaban J connectivity index is 1.43. The molecule has 0 spiro atoms. The van der Waals surface area contributed by atoms with E-state index in [-0.39, 0.29) is 24.1 Å². The molecule has 262 valence electrons. The number of aliphatic imine (C=N–C) groups is 1. The number of thiophene rings is 1. The summed E-state index contributed by atoms with van der Waals surface area (Å²) in [5, 5.41) is 10.8. The number of hydrogen-bond acceptors (Lipinski definition) is 11. The predicted molar refractivity (Wildman–Crippen MR) is 191 cm³/mol. The number of likely N-dealkylation sites (tertiary alicyclic amines) is 1. The third-order valence-corrected chi connectivity index (χ3v) is 10.3. The number of nitrogens with zero attached hydrogens (tertiary/aromatic N) is 8. The van der Waals surface area contributed by atoms with E-state index in [1.54, 1.807) is 17.3 Å². The van der Waals surface area contributed by atoms with Crippen molar-refractivity contribution in [3.63, 3.8) is 0 Å². The van der Waals surface area contributed by atoms with Crippen LogP contribution in [0.4, 0.5) is 15.6 Å². The van der Waals surface area contributed by atoms with E-state index in [1.807, 2.05) is 58.5 Å². The van der Waals surface area contributed by atoms with E-state index in [2.05, 4.69) is 44.8 Å². The molecule has 5 rings (SSSR count). The lowest BCUT2D eigenvalue weighted by Gasteiger charge is -2.36. The number of rotatable bonds is 7. The zero-order valence-electron chi connectivity index (χ0n) is 30.0. The number of fused-ring (bicyclic) bond motifs is 1. The molecule has 0 bridgehead atoms. The van der Waals surface area contributed by atoms with Gasteiger partial charge < -0.3 is 24.2 Å². The van der Waals surface area contributed by atoms with Crippen LogP contribution >= 0.6 is 11.3 Å². The van der Waals surface area contributed by atoms with Gasteiger partial charge >= 0.3 is 6.09 Å². The van der Waals surface area contributed by atoms with Gasteiger partial charge in [0.15, 0.2) is 0 Å². The van der Waals surface area contributed by atoms with Gasteiger partial charge in [0.25, 0.3) is 5.78 Å². The van der Waals surface area contributed by atoms with E-state index in [4.69, 9.17) is 9.47 Å². The van der Waals surface area contributed by atoms with Crippen LogP contribution < -0.4 is 9.64 Å². The molecule has 0 unspecified atom stereocenters. The molecule has 1 amide bonds. The van der Waals surface area contributed by atoms with E-state index in [0.717, 1.165) is 42.7 Å². The van der Waals surface area contributed by atoms with Crippen LogP contribution in [0.25, 0.3) is 0 Å². The molecule has 0 aromatic carbocycles. The fourth-order valence-electron chi connectivity index (χ4n) is 6.67. The maximum absolute atomic E-state index is 13.8. The zero-order valence-corrected chi connectivity index (χ0v) is 30.8. The van der Waals surface area contributed by atoms with Gasteiger partial charge in [-0.15, -0.1) is 11.3 Å². The Bertz CT molecular complexity index is 1690. The molecule has 12 nitrogen and oxygen atoms in total. The van der Waals surface area contributed by atoms with Gasteiger partial charge in [-0.1, -0.05) is 5.92 Å². The van der Waals surface area contributed by atoms with Crippen LogP contribution in [0.5, 0.6) is 5.88 Å². The molecule has 2 aromatic rings. The fourth-order valence-corrected chi connectivity index (χ4v) is 7.93. The van der Waals surface area contributed by atoms with Crippen LogP contribution in [0.15, 0.2) is 11.1 Å². The maximum Gasteiger partial charge on any atom is 0.410 e. The normalized spacial score (nSPS) is 21.8. The summed E-state index contributed by atoms with van der Waals surface area (Å²) in [6.45, 7) is 12.5. The number of Topliss-reactive ketones (excluding diaryl/α,β-unsaturated/α-hetero) is 1. The van der Waals surface area contributed by atoms with Crippen LogP contribution in [-0.4, -0.2) is 114 Å². The van der Waals surface area contributed by atoms with Crippen molar-refractivity contribution in [3.05, 3.63) is 27.9 Å². The second-order valence-electron chi connectivity index (χ2n) is 14.5. The Morgan fingerprint density at radius 2 is 1.92 bits per heavy atom. The number of amides is 1. The molecular formula is C36H48N8O4S. The first-order valence-corrected chi connectivity index (χ1v) is 17.8. The van der Waals surface area contributed by atoms with Crippen LogP contribution in [0.1, 0.15) is 86.9 Å². The van der Waals surface area contributed by atoms with Crippen molar-refractivity contribution in [2.75, 3.05) is 58.8 Å². The van der Waals surface area contributed by atoms with Crippen LogP contribution in [0, 0.1) is 23.2 Å². The summed E-state index contributed by atoms with van der Waals surface area (Å²) in [6, 6.07) is 4.37. The largest absolute Gasteiger partial charge is 0.473 e. The van der Waals surface area contributed by atoms with Gasteiger partial charge in [0, 0.05) is 62.8 Å². The molecule has 0 radical (unpaired) electrons. The Morgan fingerprint density at radius 3 is 2.55 bits per heavy atom. The summed E-state index contributed by atoms with van der Waals surface area (Å²) in [6.07, 6.45) is 5.77. The Hall–Kier alpha value is -4.20. The van der Waals surface area contributed by atoms with Gasteiger partial charge in [0.2, 0.25) is 11.7 Å². The van der Waals surface area contributed by atoms with Gasteiger partial charge in [0.1, 0.15) is 28.6 Å². The molecule has 49 heavy (non-hydrogen) atoms. The smallest absolute Gasteiger partial charge is 0.410 e. The van der Waals surface area contributed by atoms with Gasteiger partial charge in [-0.05, 0) is 86.2 Å². The summed E-state index contributed by atoms with van der Waals surface area (Å²) in [5.74, 6) is 6.41. The maximum atomic E-state index is 13.8. The number of ether oxygens (including phenoxy) is 2. The highest BCUT2D eigenvalue weighted by Crippen LogP contribution is 2.47. The van der Waals surface area contributed by atoms with Gasteiger partial charge in [-0.3, -0.25) is 9.69 Å². The van der Waals surface area contributed by atoms with Crippen molar-refractivity contribution >= 4 is 40.4 Å². The van der Waals surface area contributed by atoms with Crippen molar-refractivity contribution in [1.82, 2.24) is 24.7 Å². The van der Waals surface area contributed by atoms with Crippen molar-refractivity contribution in [2.24, 2.45) is 4.99 Å². The van der Waals surface area contributed by atoms with E-state index in [1.165, 1.54) is 11.3 Å². The molecule has 3 aliphatic rings. The number of carbonyl (C=O) groups is 2. The Labute approximate surface area is 294 Å². The molecule has 2 saturated heterocycles. The molecule has 0 N–H and O–H groups in total. The van der Waals surface area contributed by atoms with E-state index in [0.29, 0.717) is 54.9 Å². The van der Waals surface area contributed by atoms with Crippen molar-refractivity contribution in [2.45, 2.75) is 89.9 Å². The summed E-state index contributed by atoms with van der Waals surface area (Å²) in [7, 11) is 5.86. The lowest BCUT2D eigenvalue weighted by molar-refractivity contribution is 0.0240. The number of nitriles is 1. The lowest BCUT2D eigenvalue weighted by atomic mass is 9.73. The molecule has 3 atom stereocenters. The molecule has 1 aliphatic carbocycles. The third kappa shape index (κ3) is 8.52. The highest BCUT2D eigenvalue weighted by molar-refractivity contribution is 7.16. The Morgan fingerprint density at radius 1 is 1.18 bits per heavy atom. The number of carbonyl (C=O) groups excluding carboxylic acids is 2.